The van der Waals surface area contributed by atoms with Gasteiger partial charge in [-0.1, -0.05) is 32.4 Å². The molecule has 2 atom stereocenters. The Morgan fingerprint density at radius 2 is 2.05 bits per heavy atom. The fourth-order valence-corrected chi connectivity index (χ4v) is 3.46. The zero-order chi connectivity index (χ0) is 15.7. The van der Waals surface area contributed by atoms with Gasteiger partial charge in [0, 0.05) is 3.57 Å². The molecule has 1 heterocycles. The van der Waals surface area contributed by atoms with Crippen LogP contribution in [0.1, 0.15) is 27.2 Å². The molecule has 1 saturated heterocycles. The second kappa shape index (κ2) is 6.52. The van der Waals surface area contributed by atoms with Gasteiger partial charge in [0.15, 0.2) is 0 Å². The van der Waals surface area contributed by atoms with Crippen molar-refractivity contribution in [2.45, 2.75) is 39.3 Å². The minimum Gasteiger partial charge on any atom is -0.342 e. The maximum absolute atomic E-state index is 12.8. The van der Waals surface area contributed by atoms with Crippen molar-refractivity contribution in [1.82, 2.24) is 5.32 Å². The van der Waals surface area contributed by atoms with Gasteiger partial charge in [-0.25, -0.2) is 0 Å². The van der Waals surface area contributed by atoms with E-state index in [1.54, 1.807) is 17.0 Å². The van der Waals surface area contributed by atoms with Crippen LogP contribution >= 0.6 is 34.2 Å². The number of piperazine rings is 1. The third-order valence-corrected chi connectivity index (χ3v) is 4.61. The molecule has 6 heteroatoms. The first-order valence-electron chi connectivity index (χ1n) is 6.95. The highest BCUT2D eigenvalue weighted by Crippen LogP contribution is 2.32. The van der Waals surface area contributed by atoms with E-state index in [4.69, 9.17) is 11.6 Å². The van der Waals surface area contributed by atoms with Crippen molar-refractivity contribution < 1.29 is 9.59 Å². The van der Waals surface area contributed by atoms with E-state index in [1.165, 1.54) is 0 Å². The topological polar surface area (TPSA) is 49.4 Å². The van der Waals surface area contributed by atoms with E-state index in [1.807, 2.05) is 26.8 Å². The van der Waals surface area contributed by atoms with E-state index in [9.17, 15) is 9.59 Å². The van der Waals surface area contributed by atoms with Crippen LogP contribution in [0.4, 0.5) is 5.69 Å². The molecule has 2 amide bonds. The van der Waals surface area contributed by atoms with E-state index < -0.39 is 12.1 Å². The van der Waals surface area contributed by atoms with E-state index in [2.05, 4.69) is 27.9 Å². The number of anilines is 1. The van der Waals surface area contributed by atoms with Gasteiger partial charge in [0.2, 0.25) is 5.91 Å². The lowest BCUT2D eigenvalue weighted by molar-refractivity contribution is -0.134. The van der Waals surface area contributed by atoms with Gasteiger partial charge < -0.3 is 5.32 Å². The summed E-state index contributed by atoms with van der Waals surface area (Å²) in [7, 11) is 0. The number of nitrogens with zero attached hydrogens (tertiary/aromatic N) is 1. The maximum atomic E-state index is 12.8. The first kappa shape index (κ1) is 16.5. The van der Waals surface area contributed by atoms with Crippen LogP contribution in [0.2, 0.25) is 5.02 Å². The molecule has 1 aliphatic rings. The van der Waals surface area contributed by atoms with E-state index in [0.717, 1.165) is 3.57 Å². The Bertz CT molecular complexity index is 577. The number of amides is 2. The number of rotatable bonds is 3. The van der Waals surface area contributed by atoms with E-state index >= 15 is 0 Å². The number of carbonyl (C=O) groups is 2. The predicted molar refractivity (Wildman–Crippen MR) is 92.5 cm³/mol. The van der Waals surface area contributed by atoms with Crippen LogP contribution in [0.25, 0.3) is 0 Å². The molecule has 0 aliphatic carbocycles. The Morgan fingerprint density at radius 3 is 2.57 bits per heavy atom. The van der Waals surface area contributed by atoms with Gasteiger partial charge in [0.05, 0.1) is 10.7 Å². The predicted octanol–water partition coefficient (Wildman–Crippen LogP) is 3.21. The molecule has 1 aromatic rings. The Labute approximate surface area is 143 Å². The van der Waals surface area contributed by atoms with Crippen LogP contribution in [-0.4, -0.2) is 23.9 Å². The zero-order valence-electron chi connectivity index (χ0n) is 12.2. The van der Waals surface area contributed by atoms with Gasteiger partial charge in [0.25, 0.3) is 5.91 Å². The van der Waals surface area contributed by atoms with Gasteiger partial charge in [-0.3, -0.25) is 14.5 Å². The van der Waals surface area contributed by atoms with E-state index in [0.29, 0.717) is 17.1 Å². The number of halogens is 2. The van der Waals surface area contributed by atoms with Crippen LogP contribution in [0.5, 0.6) is 0 Å². The highest BCUT2D eigenvalue weighted by Gasteiger charge is 2.42. The molecule has 1 N–H and O–H groups in total. The normalized spacial score (nSPS) is 22.7. The summed E-state index contributed by atoms with van der Waals surface area (Å²) in [6.45, 7) is 5.73. The molecule has 2 unspecified atom stereocenters. The first-order valence-corrected chi connectivity index (χ1v) is 8.41. The monoisotopic (exact) mass is 420 g/mol. The number of carbonyl (C=O) groups excluding carboxylic acids is 2. The minimum atomic E-state index is -0.509. The summed E-state index contributed by atoms with van der Waals surface area (Å²) >= 11 is 8.46. The van der Waals surface area contributed by atoms with Gasteiger partial charge in [0.1, 0.15) is 12.1 Å². The quantitative estimate of drug-likeness (QED) is 0.764. The molecule has 1 aliphatic heterocycles. The van der Waals surface area contributed by atoms with Crippen LogP contribution in [0.15, 0.2) is 18.2 Å². The second-order valence-electron chi connectivity index (χ2n) is 5.46. The molecule has 114 valence electrons. The van der Waals surface area contributed by atoms with Crippen LogP contribution in [0.3, 0.4) is 0 Å². The first-order chi connectivity index (χ1) is 9.86. The highest BCUT2D eigenvalue weighted by atomic mass is 127. The van der Waals surface area contributed by atoms with Crippen LogP contribution in [0, 0.1) is 9.49 Å². The molecule has 21 heavy (non-hydrogen) atoms. The largest absolute Gasteiger partial charge is 0.342 e. The van der Waals surface area contributed by atoms with E-state index in [-0.39, 0.29) is 17.7 Å². The summed E-state index contributed by atoms with van der Waals surface area (Å²) in [6, 6.07) is 4.48. The summed E-state index contributed by atoms with van der Waals surface area (Å²) in [6.07, 6.45) is 0.546. The summed E-state index contributed by atoms with van der Waals surface area (Å²) < 4.78 is 0.990. The lowest BCUT2D eigenvalue weighted by Gasteiger charge is -2.40. The third-order valence-electron chi connectivity index (χ3n) is 3.64. The second-order valence-corrected chi connectivity index (χ2v) is 7.11. The number of hydrogen-bond donors (Lipinski definition) is 1. The molecular weight excluding hydrogens is 403 g/mol. The molecule has 0 saturated carbocycles. The summed E-state index contributed by atoms with van der Waals surface area (Å²) in [5, 5.41) is 3.31. The van der Waals surface area contributed by atoms with Crippen molar-refractivity contribution in [3.63, 3.8) is 0 Å². The standard InChI is InChI=1S/C15H18ClIN2O2/c1-4-11-14(20)18-13(8(2)3)15(21)19(11)12-6-5-9(17)7-10(12)16/h5-8,11,13H,4H2,1-3H3,(H,18,20). The minimum absolute atomic E-state index is 0.0318. The number of nitrogens with one attached hydrogen (secondary N) is 1. The third kappa shape index (κ3) is 3.18. The van der Waals surface area contributed by atoms with Crippen molar-refractivity contribution in [2.24, 2.45) is 5.92 Å². The fraction of sp³-hybridized carbons (Fsp3) is 0.467. The Morgan fingerprint density at radius 1 is 1.38 bits per heavy atom. The highest BCUT2D eigenvalue weighted by molar-refractivity contribution is 14.1. The van der Waals surface area contributed by atoms with Gasteiger partial charge in [-0.15, -0.1) is 0 Å². The summed E-state index contributed by atoms with van der Waals surface area (Å²) in [5.74, 6) is -0.186. The molecule has 0 bridgehead atoms. The smallest absolute Gasteiger partial charge is 0.250 e. The molecule has 0 radical (unpaired) electrons. The Kier molecular flexibility index (Phi) is 5.14. The molecule has 1 aromatic carbocycles. The number of hydrogen-bond acceptors (Lipinski definition) is 2. The SMILES string of the molecule is CCC1C(=O)NC(C(C)C)C(=O)N1c1ccc(I)cc1Cl. The number of benzene rings is 1. The van der Waals surface area contributed by atoms with Crippen molar-refractivity contribution in [3.05, 3.63) is 26.8 Å². The average Bonchev–Trinajstić information content (AvgIpc) is 2.41. The van der Waals surface area contributed by atoms with Crippen molar-refractivity contribution in [3.8, 4) is 0 Å². The molecule has 2 rings (SSSR count). The Hall–Kier alpha value is -0.820. The zero-order valence-corrected chi connectivity index (χ0v) is 15.1. The Balaban J connectivity index is 2.49. The lowest BCUT2D eigenvalue weighted by Crippen LogP contribution is -2.65. The van der Waals surface area contributed by atoms with Crippen LogP contribution < -0.4 is 10.2 Å². The molecular formula is C15H18ClIN2O2. The van der Waals surface area contributed by atoms with Gasteiger partial charge >= 0.3 is 0 Å². The van der Waals surface area contributed by atoms with Gasteiger partial charge in [-0.2, -0.15) is 0 Å². The molecule has 0 spiro atoms. The van der Waals surface area contributed by atoms with Crippen molar-refractivity contribution in [1.29, 1.82) is 0 Å². The van der Waals surface area contributed by atoms with Gasteiger partial charge in [-0.05, 0) is 53.1 Å². The summed E-state index contributed by atoms with van der Waals surface area (Å²) in [4.78, 5) is 26.6. The lowest BCUT2D eigenvalue weighted by atomic mass is 9.96. The fourth-order valence-electron chi connectivity index (χ4n) is 2.51. The molecule has 0 aromatic heterocycles. The van der Waals surface area contributed by atoms with Crippen molar-refractivity contribution in [2.75, 3.05) is 4.90 Å². The summed E-state index contributed by atoms with van der Waals surface area (Å²) in [5.41, 5.74) is 0.606. The van der Waals surface area contributed by atoms with Crippen molar-refractivity contribution >= 4 is 51.7 Å². The molecule has 1 fully saturated rings. The van der Waals surface area contributed by atoms with Crippen LogP contribution in [-0.2, 0) is 9.59 Å². The molecule has 4 nitrogen and oxygen atoms in total. The maximum Gasteiger partial charge on any atom is 0.250 e. The average molecular weight is 421 g/mol.